The first-order valence-corrected chi connectivity index (χ1v) is 12.4. The van der Waals surface area contributed by atoms with E-state index in [1.54, 1.807) is 0 Å². The summed E-state index contributed by atoms with van der Waals surface area (Å²) < 4.78 is 11.6. The maximum Gasteiger partial charge on any atom is 0.248 e. The second-order valence-corrected chi connectivity index (χ2v) is 8.92. The Bertz CT molecular complexity index is 463. The molecule has 0 bridgehead atoms. The molecule has 0 N–H and O–H groups in total. The smallest absolute Gasteiger partial charge is 0.248 e. The van der Waals surface area contributed by atoms with Crippen LogP contribution in [0.2, 0.25) is 0 Å². The number of nitrogens with zero attached hydrogens (tertiary/aromatic N) is 2. The van der Waals surface area contributed by atoms with E-state index in [1.807, 2.05) is 0 Å². The molecule has 0 amide bonds. The Morgan fingerprint density at radius 3 is 1.78 bits per heavy atom. The molecule has 3 nitrogen and oxygen atoms in total. The second-order valence-electron chi connectivity index (χ2n) is 7.10. The Kier molecular flexibility index (Phi) is 13.8. The molecule has 0 saturated heterocycles. The fraction of sp³-hybridized carbons (Fsp3) is 0.739. The third-order valence-electron chi connectivity index (χ3n) is 5.15. The summed E-state index contributed by atoms with van der Waals surface area (Å²) in [6, 6.07) is 8.69. The molecule has 4 heteroatoms. The fourth-order valence-corrected chi connectivity index (χ4v) is 5.30. The SMILES string of the molecule is CCCCCCCCCc1ccccc1OP(N(CC)CC)N(CC)CC. The zero-order valence-electron chi connectivity index (χ0n) is 18.5. The van der Waals surface area contributed by atoms with Gasteiger partial charge >= 0.3 is 0 Å². The van der Waals surface area contributed by atoms with E-state index in [2.05, 4.69) is 68.2 Å². The monoisotopic (exact) mass is 394 g/mol. The van der Waals surface area contributed by atoms with Crippen LogP contribution in [-0.4, -0.2) is 35.5 Å². The summed E-state index contributed by atoms with van der Waals surface area (Å²) in [7, 11) is -0.742. The average molecular weight is 395 g/mol. The molecule has 0 fully saturated rings. The van der Waals surface area contributed by atoms with Crippen molar-refractivity contribution in [3.63, 3.8) is 0 Å². The van der Waals surface area contributed by atoms with Crippen LogP contribution in [0.4, 0.5) is 0 Å². The van der Waals surface area contributed by atoms with Crippen LogP contribution in [-0.2, 0) is 6.42 Å². The molecule has 0 saturated carbocycles. The van der Waals surface area contributed by atoms with Gasteiger partial charge in [-0.2, -0.15) is 0 Å². The quantitative estimate of drug-likeness (QED) is 0.217. The zero-order valence-corrected chi connectivity index (χ0v) is 19.4. The van der Waals surface area contributed by atoms with Crippen molar-refractivity contribution in [2.75, 3.05) is 26.2 Å². The van der Waals surface area contributed by atoms with Crippen molar-refractivity contribution >= 4 is 8.45 Å². The van der Waals surface area contributed by atoms with E-state index in [0.29, 0.717) is 0 Å². The highest BCUT2D eigenvalue weighted by molar-refractivity contribution is 7.47. The first-order valence-electron chi connectivity index (χ1n) is 11.3. The minimum atomic E-state index is -0.742. The minimum Gasteiger partial charge on any atom is -0.444 e. The average Bonchev–Trinajstić information content (AvgIpc) is 2.70. The molecule has 0 aliphatic rings. The van der Waals surface area contributed by atoms with Crippen molar-refractivity contribution in [1.29, 1.82) is 0 Å². The molecule has 27 heavy (non-hydrogen) atoms. The zero-order chi connectivity index (χ0) is 19.9. The van der Waals surface area contributed by atoms with E-state index < -0.39 is 8.45 Å². The van der Waals surface area contributed by atoms with Crippen LogP contribution >= 0.6 is 8.45 Å². The predicted octanol–water partition coefficient (Wildman–Crippen LogP) is 7.27. The van der Waals surface area contributed by atoms with Gasteiger partial charge < -0.3 is 4.52 Å². The Morgan fingerprint density at radius 1 is 0.704 bits per heavy atom. The van der Waals surface area contributed by atoms with Gasteiger partial charge in [0, 0.05) is 26.2 Å². The van der Waals surface area contributed by atoms with Crippen LogP contribution in [0.25, 0.3) is 0 Å². The van der Waals surface area contributed by atoms with Crippen LogP contribution in [0.15, 0.2) is 24.3 Å². The number of hydrogen-bond acceptors (Lipinski definition) is 3. The number of rotatable bonds is 16. The molecule has 0 aromatic heterocycles. The molecular weight excluding hydrogens is 351 g/mol. The van der Waals surface area contributed by atoms with Gasteiger partial charge in [0.15, 0.2) is 0 Å². The molecule has 1 rings (SSSR count). The summed E-state index contributed by atoms with van der Waals surface area (Å²) in [6.07, 6.45) is 10.6. The van der Waals surface area contributed by atoms with Gasteiger partial charge in [-0.1, -0.05) is 91.3 Å². The molecule has 0 heterocycles. The molecule has 1 aromatic carbocycles. The number of para-hydroxylation sites is 1. The topological polar surface area (TPSA) is 15.7 Å². The number of aryl methyl sites for hydroxylation is 1. The summed E-state index contributed by atoms with van der Waals surface area (Å²) in [4.78, 5) is 0. The summed E-state index contributed by atoms with van der Waals surface area (Å²) >= 11 is 0. The summed E-state index contributed by atoms with van der Waals surface area (Å²) in [5.74, 6) is 1.09. The van der Waals surface area contributed by atoms with E-state index in [9.17, 15) is 0 Å². The predicted molar refractivity (Wildman–Crippen MR) is 122 cm³/mol. The second kappa shape index (κ2) is 15.3. The highest BCUT2D eigenvalue weighted by Gasteiger charge is 2.25. The fourth-order valence-electron chi connectivity index (χ4n) is 3.39. The molecule has 0 spiro atoms. The lowest BCUT2D eigenvalue weighted by molar-refractivity contribution is 0.359. The molecular formula is C23H43N2OP. The van der Waals surface area contributed by atoms with Gasteiger partial charge in [0.2, 0.25) is 8.45 Å². The van der Waals surface area contributed by atoms with E-state index >= 15 is 0 Å². The van der Waals surface area contributed by atoms with Crippen molar-refractivity contribution in [3.8, 4) is 5.75 Å². The van der Waals surface area contributed by atoms with Gasteiger partial charge in [-0.3, -0.25) is 0 Å². The summed E-state index contributed by atoms with van der Waals surface area (Å²) in [5.41, 5.74) is 1.37. The van der Waals surface area contributed by atoms with E-state index in [1.165, 1.54) is 50.5 Å². The van der Waals surface area contributed by atoms with Crippen molar-refractivity contribution in [2.45, 2.75) is 86.0 Å². The van der Waals surface area contributed by atoms with E-state index in [0.717, 1.165) is 38.3 Å². The Labute approximate surface area is 170 Å². The first kappa shape index (κ1) is 24.4. The molecule has 0 radical (unpaired) electrons. The minimum absolute atomic E-state index is 0.742. The van der Waals surface area contributed by atoms with Gasteiger partial charge in [-0.25, -0.2) is 9.34 Å². The van der Waals surface area contributed by atoms with Crippen LogP contribution in [0.5, 0.6) is 5.75 Å². The van der Waals surface area contributed by atoms with Gasteiger partial charge in [0.05, 0.1) is 0 Å². The third kappa shape index (κ3) is 8.94. The number of hydrogen-bond donors (Lipinski definition) is 0. The third-order valence-corrected chi connectivity index (χ3v) is 7.61. The molecule has 0 unspecified atom stereocenters. The van der Waals surface area contributed by atoms with Crippen LogP contribution in [0.3, 0.4) is 0 Å². The lowest BCUT2D eigenvalue weighted by Gasteiger charge is -2.36. The molecule has 156 valence electrons. The van der Waals surface area contributed by atoms with Gasteiger partial charge in [-0.05, 0) is 24.5 Å². The van der Waals surface area contributed by atoms with Crippen molar-refractivity contribution in [1.82, 2.24) is 9.34 Å². The first-order chi connectivity index (χ1) is 13.2. The molecule has 0 aliphatic heterocycles. The van der Waals surface area contributed by atoms with Crippen LogP contribution in [0, 0.1) is 0 Å². The molecule has 0 aliphatic carbocycles. The summed E-state index contributed by atoms with van der Waals surface area (Å²) in [5, 5.41) is 0. The van der Waals surface area contributed by atoms with Crippen molar-refractivity contribution in [2.24, 2.45) is 0 Å². The van der Waals surface area contributed by atoms with Crippen LogP contribution in [0.1, 0.15) is 85.1 Å². The standard InChI is InChI=1S/C23H43N2OP/c1-6-11-12-13-14-15-16-19-22-20-17-18-21-23(22)26-27(24(7-2)8-3)25(9-4)10-5/h17-18,20-21H,6-16,19H2,1-5H3. The van der Waals surface area contributed by atoms with E-state index in [-0.39, 0.29) is 0 Å². The lowest BCUT2D eigenvalue weighted by atomic mass is 10.0. The maximum atomic E-state index is 6.66. The van der Waals surface area contributed by atoms with Crippen molar-refractivity contribution in [3.05, 3.63) is 29.8 Å². The molecule has 0 atom stereocenters. The van der Waals surface area contributed by atoms with E-state index in [4.69, 9.17) is 4.52 Å². The number of unbranched alkanes of at least 4 members (excludes halogenated alkanes) is 6. The Balaban J connectivity index is 2.69. The van der Waals surface area contributed by atoms with Crippen molar-refractivity contribution < 1.29 is 4.52 Å². The largest absolute Gasteiger partial charge is 0.444 e. The molecule has 1 aromatic rings. The normalized spacial score (nSPS) is 11.7. The van der Waals surface area contributed by atoms with Gasteiger partial charge in [0.1, 0.15) is 5.75 Å². The Morgan fingerprint density at radius 2 is 1.22 bits per heavy atom. The van der Waals surface area contributed by atoms with Crippen LogP contribution < -0.4 is 4.52 Å². The Hall–Kier alpha value is -0.630. The lowest BCUT2D eigenvalue weighted by Crippen LogP contribution is -2.31. The van der Waals surface area contributed by atoms with Gasteiger partial charge in [0.25, 0.3) is 0 Å². The highest BCUT2D eigenvalue weighted by atomic mass is 31.2. The van der Waals surface area contributed by atoms with Gasteiger partial charge in [-0.15, -0.1) is 0 Å². The summed E-state index contributed by atoms with van der Waals surface area (Å²) in [6.45, 7) is 15.3. The highest BCUT2D eigenvalue weighted by Crippen LogP contribution is 2.46. The number of benzene rings is 1. The maximum absolute atomic E-state index is 6.66.